The molecular weight excluding hydrogens is 206 g/mol. The largest absolute Gasteiger partial charge is 0.397 e. The number of nitrogens with one attached hydrogen (secondary N) is 2. The van der Waals surface area contributed by atoms with Gasteiger partial charge < -0.3 is 11.1 Å². The van der Waals surface area contributed by atoms with Crippen molar-refractivity contribution >= 4 is 17.3 Å². The van der Waals surface area contributed by atoms with E-state index in [1.165, 1.54) is 6.20 Å². The summed E-state index contributed by atoms with van der Waals surface area (Å²) in [7, 11) is 0. The highest BCUT2D eigenvalue weighted by atomic mass is 16.2. The number of carbonyl (C=O) groups excluding carboxylic acids is 1. The quantitative estimate of drug-likeness (QED) is 0.652. The van der Waals surface area contributed by atoms with Crippen LogP contribution in [-0.4, -0.2) is 21.3 Å². The summed E-state index contributed by atoms with van der Waals surface area (Å²) in [6, 6.07) is 5.41. The fourth-order valence-corrected chi connectivity index (χ4v) is 1.29. The summed E-state index contributed by atoms with van der Waals surface area (Å²) in [4.78, 5) is 11.6. The fourth-order valence-electron chi connectivity index (χ4n) is 1.29. The lowest BCUT2D eigenvalue weighted by Crippen LogP contribution is -2.13. The van der Waals surface area contributed by atoms with Crippen LogP contribution in [0.1, 0.15) is 16.1 Å². The highest BCUT2D eigenvalue weighted by molar-refractivity contribution is 6.04. The van der Waals surface area contributed by atoms with Gasteiger partial charge in [0.2, 0.25) is 0 Å². The molecule has 82 valence electrons. The van der Waals surface area contributed by atoms with Crippen LogP contribution in [0, 0.1) is 6.92 Å². The van der Waals surface area contributed by atoms with Crippen molar-refractivity contribution in [2.75, 3.05) is 11.1 Å². The van der Waals surface area contributed by atoms with Gasteiger partial charge in [0.25, 0.3) is 5.91 Å². The minimum atomic E-state index is -0.343. The molecule has 0 aliphatic heterocycles. The van der Waals surface area contributed by atoms with Crippen molar-refractivity contribution in [2.45, 2.75) is 6.92 Å². The van der Waals surface area contributed by atoms with Gasteiger partial charge in [-0.2, -0.15) is 15.4 Å². The Morgan fingerprint density at radius 2 is 2.31 bits per heavy atom. The molecule has 0 aliphatic carbocycles. The molecule has 1 amide bonds. The van der Waals surface area contributed by atoms with E-state index in [9.17, 15) is 4.79 Å². The highest BCUT2D eigenvalue weighted by Crippen LogP contribution is 2.19. The second-order valence-corrected chi connectivity index (χ2v) is 3.40. The predicted molar refractivity (Wildman–Crippen MR) is 59.9 cm³/mol. The molecule has 0 aliphatic rings. The number of benzene rings is 1. The van der Waals surface area contributed by atoms with Gasteiger partial charge in [-0.3, -0.25) is 4.79 Å². The normalized spacial score (nSPS) is 10.1. The van der Waals surface area contributed by atoms with Crippen LogP contribution in [0.5, 0.6) is 0 Å². The summed E-state index contributed by atoms with van der Waals surface area (Å²) in [5.41, 5.74) is 8.12. The summed E-state index contributed by atoms with van der Waals surface area (Å²) in [6.07, 6.45) is 1.35. The van der Waals surface area contributed by atoms with Gasteiger partial charge in [-0.25, -0.2) is 0 Å². The Hall–Kier alpha value is -2.37. The van der Waals surface area contributed by atoms with Crippen LogP contribution in [0.3, 0.4) is 0 Å². The van der Waals surface area contributed by atoms with Crippen LogP contribution < -0.4 is 11.1 Å². The maximum atomic E-state index is 11.6. The van der Waals surface area contributed by atoms with Gasteiger partial charge in [0.05, 0.1) is 17.6 Å². The Labute approximate surface area is 91.9 Å². The van der Waals surface area contributed by atoms with Crippen LogP contribution >= 0.6 is 0 Å². The maximum absolute atomic E-state index is 11.6. The lowest BCUT2D eigenvalue weighted by molar-refractivity contribution is 0.102. The molecule has 1 aromatic heterocycles. The lowest BCUT2D eigenvalue weighted by Gasteiger charge is -2.06. The Bertz CT molecular complexity index is 506. The van der Waals surface area contributed by atoms with E-state index in [0.29, 0.717) is 11.4 Å². The molecule has 6 nitrogen and oxygen atoms in total. The third-order valence-corrected chi connectivity index (χ3v) is 2.10. The molecule has 0 spiro atoms. The van der Waals surface area contributed by atoms with Crippen molar-refractivity contribution in [1.29, 1.82) is 0 Å². The first-order chi connectivity index (χ1) is 7.66. The first kappa shape index (κ1) is 10.2. The van der Waals surface area contributed by atoms with Crippen LogP contribution in [0.15, 0.2) is 24.4 Å². The number of rotatable bonds is 2. The molecule has 1 heterocycles. The van der Waals surface area contributed by atoms with E-state index in [1.807, 2.05) is 13.0 Å². The molecule has 0 atom stereocenters. The number of hydrogen-bond acceptors (Lipinski definition) is 4. The van der Waals surface area contributed by atoms with E-state index in [2.05, 4.69) is 20.7 Å². The van der Waals surface area contributed by atoms with Crippen molar-refractivity contribution in [1.82, 2.24) is 15.4 Å². The van der Waals surface area contributed by atoms with E-state index >= 15 is 0 Å². The number of anilines is 2. The number of nitrogens with zero attached hydrogens (tertiary/aromatic N) is 2. The Morgan fingerprint density at radius 3 is 2.94 bits per heavy atom. The zero-order chi connectivity index (χ0) is 11.5. The summed E-state index contributed by atoms with van der Waals surface area (Å²) in [5.74, 6) is -0.343. The second kappa shape index (κ2) is 4.01. The zero-order valence-corrected chi connectivity index (χ0v) is 8.69. The molecule has 16 heavy (non-hydrogen) atoms. The number of amides is 1. The van der Waals surface area contributed by atoms with Gasteiger partial charge in [0, 0.05) is 0 Å². The molecule has 0 fully saturated rings. The number of hydrogen-bond donors (Lipinski definition) is 3. The van der Waals surface area contributed by atoms with Crippen molar-refractivity contribution in [2.24, 2.45) is 0 Å². The molecule has 2 rings (SSSR count). The number of aromatic nitrogens is 3. The molecule has 1 aromatic carbocycles. The Morgan fingerprint density at radius 1 is 1.50 bits per heavy atom. The Kier molecular flexibility index (Phi) is 2.55. The number of nitrogen functional groups attached to an aromatic ring is 1. The van der Waals surface area contributed by atoms with Gasteiger partial charge in [-0.1, -0.05) is 6.07 Å². The summed E-state index contributed by atoms with van der Waals surface area (Å²) in [6.45, 7) is 1.93. The summed E-state index contributed by atoms with van der Waals surface area (Å²) in [5, 5.41) is 12.2. The molecule has 6 heteroatoms. The summed E-state index contributed by atoms with van der Waals surface area (Å²) >= 11 is 0. The molecule has 0 saturated carbocycles. The lowest BCUT2D eigenvalue weighted by atomic mass is 10.2. The smallest absolute Gasteiger partial charge is 0.277 e. The van der Waals surface area contributed by atoms with Gasteiger partial charge >= 0.3 is 0 Å². The fraction of sp³-hybridized carbons (Fsp3) is 0.100. The summed E-state index contributed by atoms with van der Waals surface area (Å²) < 4.78 is 0. The maximum Gasteiger partial charge on any atom is 0.277 e. The second-order valence-electron chi connectivity index (χ2n) is 3.40. The molecule has 0 saturated heterocycles. The third-order valence-electron chi connectivity index (χ3n) is 2.10. The third kappa shape index (κ3) is 2.00. The van der Waals surface area contributed by atoms with Crippen LogP contribution in [0.4, 0.5) is 11.4 Å². The van der Waals surface area contributed by atoms with E-state index in [4.69, 9.17) is 5.73 Å². The van der Waals surface area contributed by atoms with E-state index in [0.717, 1.165) is 5.56 Å². The first-order valence-electron chi connectivity index (χ1n) is 4.70. The molecule has 0 unspecified atom stereocenters. The number of carbonyl (C=O) groups is 1. The van der Waals surface area contributed by atoms with Crippen LogP contribution in [0.25, 0.3) is 0 Å². The average molecular weight is 217 g/mol. The van der Waals surface area contributed by atoms with Crippen molar-refractivity contribution in [3.05, 3.63) is 35.7 Å². The molecular formula is C10H11N5O. The van der Waals surface area contributed by atoms with E-state index in [1.54, 1.807) is 12.1 Å². The molecule has 4 N–H and O–H groups in total. The Balaban J connectivity index is 2.18. The van der Waals surface area contributed by atoms with Crippen molar-refractivity contribution in [3.63, 3.8) is 0 Å². The monoisotopic (exact) mass is 217 g/mol. The average Bonchev–Trinajstić information content (AvgIpc) is 2.75. The van der Waals surface area contributed by atoms with E-state index < -0.39 is 0 Å². The van der Waals surface area contributed by atoms with Gasteiger partial charge in [0.15, 0.2) is 5.69 Å². The van der Waals surface area contributed by atoms with E-state index in [-0.39, 0.29) is 11.6 Å². The number of H-pyrrole nitrogens is 1. The van der Waals surface area contributed by atoms with Crippen LogP contribution in [-0.2, 0) is 0 Å². The van der Waals surface area contributed by atoms with Gasteiger partial charge in [-0.15, -0.1) is 0 Å². The van der Waals surface area contributed by atoms with Gasteiger partial charge in [-0.05, 0) is 24.6 Å². The highest BCUT2D eigenvalue weighted by Gasteiger charge is 2.10. The minimum Gasteiger partial charge on any atom is -0.397 e. The number of aryl methyl sites for hydroxylation is 1. The number of aromatic amines is 1. The van der Waals surface area contributed by atoms with Crippen molar-refractivity contribution < 1.29 is 4.79 Å². The first-order valence-corrected chi connectivity index (χ1v) is 4.70. The van der Waals surface area contributed by atoms with Gasteiger partial charge in [0.1, 0.15) is 0 Å². The molecule has 0 bridgehead atoms. The van der Waals surface area contributed by atoms with Crippen LogP contribution in [0.2, 0.25) is 0 Å². The van der Waals surface area contributed by atoms with Crippen molar-refractivity contribution in [3.8, 4) is 0 Å². The topological polar surface area (TPSA) is 96.7 Å². The number of nitrogens with two attached hydrogens (primary N) is 1. The standard InChI is InChI=1S/C10H11N5O/c1-6-2-3-8(7(11)4-6)13-10(16)9-5-12-15-14-9/h2-5H,11H2,1H3,(H,13,16)(H,12,14,15). The minimum absolute atomic E-state index is 0.222. The SMILES string of the molecule is Cc1ccc(NC(=O)c2cn[nH]n2)c(N)c1. The molecule has 2 aromatic rings. The predicted octanol–water partition coefficient (Wildman–Crippen LogP) is 0.948. The molecule has 0 radical (unpaired) electrons. The zero-order valence-electron chi connectivity index (χ0n) is 8.69.